The fourth-order valence-electron chi connectivity index (χ4n) is 5.32. The first-order valence-corrected chi connectivity index (χ1v) is 10.2. The van der Waals surface area contributed by atoms with E-state index in [4.69, 9.17) is 4.74 Å². The summed E-state index contributed by atoms with van der Waals surface area (Å²) in [6, 6.07) is 12.4. The number of halogens is 1. The van der Waals surface area contributed by atoms with E-state index in [1.54, 1.807) is 25.3 Å². The molecule has 150 valence electrons. The lowest BCUT2D eigenvalue weighted by Crippen LogP contribution is -3.13. The highest BCUT2D eigenvalue weighted by atomic mass is 19.1. The van der Waals surface area contributed by atoms with Gasteiger partial charge in [-0.05, 0) is 43.2 Å². The minimum atomic E-state index is -0.639. The summed E-state index contributed by atoms with van der Waals surface area (Å²) in [5.74, 6) is 0.499. The third-order valence-electron chi connectivity index (χ3n) is 6.67. The standard InChI is InChI=1S/C23H28FNO3/c1-28-21-14-17(8-9-20(21)26)22-19-7-2-3-10-23(19,27)11-12-25(22)15-16-5-4-6-18(24)13-16/h4-6,8-9,13-14,19,22,26-27H,2-3,7,10-12,15H2,1H3/p+1/t19-,22-,23-/m0/s1. The second kappa shape index (κ2) is 7.72. The summed E-state index contributed by atoms with van der Waals surface area (Å²) in [6.45, 7) is 1.54. The van der Waals surface area contributed by atoms with Crippen molar-refractivity contribution in [1.29, 1.82) is 0 Å². The lowest BCUT2D eigenvalue weighted by Gasteiger charge is -2.50. The number of ether oxygens (including phenoxy) is 1. The number of nitrogens with one attached hydrogen (secondary N) is 1. The quantitative estimate of drug-likeness (QED) is 0.757. The second-order valence-electron chi connectivity index (χ2n) is 8.33. The Hall–Kier alpha value is -2.11. The monoisotopic (exact) mass is 386 g/mol. The Morgan fingerprint density at radius 3 is 2.82 bits per heavy atom. The van der Waals surface area contributed by atoms with Crippen LogP contribution in [-0.4, -0.2) is 29.5 Å². The van der Waals surface area contributed by atoms with E-state index in [2.05, 4.69) is 0 Å². The first-order valence-electron chi connectivity index (χ1n) is 10.2. The summed E-state index contributed by atoms with van der Waals surface area (Å²) in [5.41, 5.74) is 1.39. The van der Waals surface area contributed by atoms with Gasteiger partial charge in [-0.3, -0.25) is 0 Å². The molecule has 1 aliphatic carbocycles. The van der Waals surface area contributed by atoms with Crippen LogP contribution in [0.5, 0.6) is 11.5 Å². The van der Waals surface area contributed by atoms with E-state index < -0.39 is 5.60 Å². The van der Waals surface area contributed by atoms with Crippen LogP contribution in [-0.2, 0) is 6.54 Å². The molecule has 4 atom stereocenters. The topological polar surface area (TPSA) is 54.1 Å². The van der Waals surface area contributed by atoms with Crippen LogP contribution in [0.15, 0.2) is 42.5 Å². The summed E-state index contributed by atoms with van der Waals surface area (Å²) in [4.78, 5) is 1.33. The molecule has 0 amide bonds. The van der Waals surface area contributed by atoms with Gasteiger partial charge in [0.2, 0.25) is 0 Å². The van der Waals surface area contributed by atoms with Crippen molar-refractivity contribution in [2.24, 2.45) is 5.92 Å². The Balaban J connectivity index is 1.72. The Kier molecular flexibility index (Phi) is 5.30. The molecule has 4 rings (SSSR count). The third-order valence-corrected chi connectivity index (χ3v) is 6.67. The van der Waals surface area contributed by atoms with Gasteiger partial charge in [0.1, 0.15) is 18.4 Å². The highest BCUT2D eigenvalue weighted by molar-refractivity contribution is 5.42. The van der Waals surface area contributed by atoms with Crippen molar-refractivity contribution in [3.8, 4) is 11.5 Å². The fourth-order valence-corrected chi connectivity index (χ4v) is 5.32. The lowest BCUT2D eigenvalue weighted by molar-refractivity contribution is -0.958. The normalized spacial score (nSPS) is 29.9. The largest absolute Gasteiger partial charge is 0.504 e. The van der Waals surface area contributed by atoms with E-state index in [0.29, 0.717) is 12.3 Å². The number of aliphatic hydroxyl groups is 1. The number of rotatable bonds is 4. The molecule has 0 spiro atoms. The molecule has 1 heterocycles. The molecule has 2 aromatic carbocycles. The van der Waals surface area contributed by atoms with Gasteiger partial charge >= 0.3 is 0 Å². The first-order chi connectivity index (χ1) is 13.5. The molecule has 5 heteroatoms. The van der Waals surface area contributed by atoms with E-state index in [1.165, 1.54) is 11.0 Å². The van der Waals surface area contributed by atoms with Gasteiger partial charge in [-0.15, -0.1) is 0 Å². The zero-order valence-corrected chi connectivity index (χ0v) is 16.3. The predicted octanol–water partition coefficient (Wildman–Crippen LogP) is 2.99. The molecule has 28 heavy (non-hydrogen) atoms. The molecule has 3 N–H and O–H groups in total. The van der Waals surface area contributed by atoms with Crippen molar-refractivity contribution in [3.05, 3.63) is 59.4 Å². The van der Waals surface area contributed by atoms with Gasteiger partial charge in [0.05, 0.1) is 19.3 Å². The SMILES string of the molecule is COc1cc([C@H]2[C@@H]3CCCC[C@]3(O)CC[NH+]2Cc2cccc(F)c2)ccc1O. The van der Waals surface area contributed by atoms with E-state index >= 15 is 0 Å². The van der Waals surface area contributed by atoms with Gasteiger partial charge in [0.25, 0.3) is 0 Å². The van der Waals surface area contributed by atoms with Gasteiger partial charge in [-0.1, -0.05) is 25.0 Å². The van der Waals surface area contributed by atoms with E-state index in [-0.39, 0.29) is 23.5 Å². The highest BCUT2D eigenvalue weighted by Gasteiger charge is 2.51. The summed E-state index contributed by atoms with van der Waals surface area (Å²) in [5, 5.41) is 21.4. The number of methoxy groups -OCH3 is 1. The average Bonchev–Trinajstić information content (AvgIpc) is 2.69. The smallest absolute Gasteiger partial charge is 0.160 e. The molecule has 1 unspecified atom stereocenters. The van der Waals surface area contributed by atoms with Crippen molar-refractivity contribution in [2.75, 3.05) is 13.7 Å². The molecule has 0 aromatic heterocycles. The number of fused-ring (bicyclic) bond motifs is 1. The van der Waals surface area contributed by atoms with Crippen LogP contribution in [0.2, 0.25) is 0 Å². The summed E-state index contributed by atoms with van der Waals surface area (Å²) in [7, 11) is 1.55. The maximum atomic E-state index is 13.7. The van der Waals surface area contributed by atoms with Gasteiger partial charge in [0.15, 0.2) is 11.5 Å². The van der Waals surface area contributed by atoms with Crippen LogP contribution >= 0.6 is 0 Å². The molecule has 0 radical (unpaired) electrons. The molecule has 2 fully saturated rings. The number of likely N-dealkylation sites (tertiary alicyclic amines) is 1. The number of phenols is 1. The summed E-state index contributed by atoms with van der Waals surface area (Å²) in [6.07, 6.45) is 4.78. The minimum absolute atomic E-state index is 0.0804. The maximum Gasteiger partial charge on any atom is 0.160 e. The van der Waals surface area contributed by atoms with Crippen LogP contribution < -0.4 is 9.64 Å². The third kappa shape index (κ3) is 3.61. The van der Waals surface area contributed by atoms with Crippen LogP contribution in [0.4, 0.5) is 4.39 Å². The van der Waals surface area contributed by atoms with Gasteiger partial charge in [0, 0.05) is 23.5 Å². The van der Waals surface area contributed by atoms with E-state index in [0.717, 1.165) is 49.8 Å². The van der Waals surface area contributed by atoms with Crippen molar-refractivity contribution in [3.63, 3.8) is 0 Å². The second-order valence-corrected chi connectivity index (χ2v) is 8.33. The average molecular weight is 386 g/mol. The number of phenolic OH excluding ortho intramolecular Hbond substituents is 1. The van der Waals surface area contributed by atoms with Crippen molar-refractivity contribution >= 4 is 0 Å². The van der Waals surface area contributed by atoms with Crippen LogP contribution in [0, 0.1) is 11.7 Å². The molecule has 0 bridgehead atoms. The zero-order chi connectivity index (χ0) is 19.7. The molecule has 1 aliphatic heterocycles. The van der Waals surface area contributed by atoms with E-state index in [9.17, 15) is 14.6 Å². The Bertz CT molecular complexity index is 842. The Morgan fingerprint density at radius 2 is 2.04 bits per heavy atom. The number of piperidine rings is 1. The maximum absolute atomic E-state index is 13.7. The summed E-state index contributed by atoms with van der Waals surface area (Å²) >= 11 is 0. The number of benzene rings is 2. The minimum Gasteiger partial charge on any atom is -0.504 e. The van der Waals surface area contributed by atoms with Gasteiger partial charge < -0.3 is 19.8 Å². The number of hydrogen-bond acceptors (Lipinski definition) is 3. The number of aromatic hydroxyl groups is 1. The lowest BCUT2D eigenvalue weighted by atomic mass is 9.66. The molecule has 1 saturated heterocycles. The van der Waals surface area contributed by atoms with Crippen molar-refractivity contribution in [2.45, 2.75) is 50.3 Å². The number of hydrogen-bond donors (Lipinski definition) is 3. The Morgan fingerprint density at radius 1 is 1.18 bits per heavy atom. The summed E-state index contributed by atoms with van der Waals surface area (Å²) < 4.78 is 19.1. The van der Waals surface area contributed by atoms with E-state index in [1.807, 2.05) is 18.2 Å². The highest BCUT2D eigenvalue weighted by Crippen LogP contribution is 2.45. The molecular formula is C23H29FNO3+. The van der Waals surface area contributed by atoms with Crippen molar-refractivity contribution < 1.29 is 24.2 Å². The zero-order valence-electron chi connectivity index (χ0n) is 16.3. The first kappa shape index (κ1) is 19.2. The Labute approximate surface area is 165 Å². The van der Waals surface area contributed by atoms with Crippen LogP contribution in [0.1, 0.15) is 49.3 Å². The molecule has 4 nitrogen and oxygen atoms in total. The van der Waals surface area contributed by atoms with Crippen LogP contribution in [0.25, 0.3) is 0 Å². The molecule has 2 aliphatic rings. The van der Waals surface area contributed by atoms with Crippen LogP contribution in [0.3, 0.4) is 0 Å². The fraction of sp³-hybridized carbons (Fsp3) is 0.478. The van der Waals surface area contributed by atoms with Crippen molar-refractivity contribution in [1.82, 2.24) is 0 Å². The van der Waals surface area contributed by atoms with Gasteiger partial charge in [-0.2, -0.15) is 0 Å². The molecular weight excluding hydrogens is 357 g/mol. The predicted molar refractivity (Wildman–Crippen MR) is 105 cm³/mol. The van der Waals surface area contributed by atoms with Gasteiger partial charge in [-0.25, -0.2) is 4.39 Å². The number of quaternary nitrogens is 1. The molecule has 1 saturated carbocycles. The molecule has 2 aromatic rings.